The van der Waals surface area contributed by atoms with Crippen LogP contribution in [-0.2, 0) is 16.0 Å². The van der Waals surface area contributed by atoms with Crippen LogP contribution in [0.2, 0.25) is 0 Å². The predicted octanol–water partition coefficient (Wildman–Crippen LogP) is 2.60. The van der Waals surface area contributed by atoms with E-state index in [1.165, 1.54) is 0 Å². The van der Waals surface area contributed by atoms with Crippen LogP contribution in [0, 0.1) is 16.7 Å². The third-order valence-electron chi connectivity index (χ3n) is 5.47. The van der Waals surface area contributed by atoms with Crippen LogP contribution in [0.25, 0.3) is 0 Å². The molecule has 0 radical (unpaired) electrons. The summed E-state index contributed by atoms with van der Waals surface area (Å²) in [5, 5.41) is 31.3. The van der Waals surface area contributed by atoms with Crippen LogP contribution in [-0.4, -0.2) is 59.2 Å². The van der Waals surface area contributed by atoms with Crippen molar-refractivity contribution in [3.8, 4) is 6.07 Å². The number of piperidine rings is 1. The van der Waals surface area contributed by atoms with E-state index in [4.69, 9.17) is 4.74 Å². The number of carbonyl (C=O) groups is 2. The molecule has 8 nitrogen and oxygen atoms in total. The molecule has 1 saturated heterocycles. The third-order valence-corrected chi connectivity index (χ3v) is 5.47. The van der Waals surface area contributed by atoms with Crippen LogP contribution in [0.1, 0.15) is 52.0 Å². The Kier molecular flexibility index (Phi) is 9.95. The highest BCUT2D eigenvalue weighted by molar-refractivity contribution is 6.43. The summed E-state index contributed by atoms with van der Waals surface area (Å²) in [6, 6.07) is 11.2. The van der Waals surface area contributed by atoms with E-state index >= 15 is 0 Å². The van der Waals surface area contributed by atoms with Crippen molar-refractivity contribution in [3.05, 3.63) is 47.5 Å². The second-order valence-corrected chi connectivity index (χ2v) is 9.47. The van der Waals surface area contributed by atoms with Gasteiger partial charge in [0, 0.05) is 6.54 Å². The number of ether oxygens (including phenoxy) is 1. The number of hydrogen-bond donors (Lipinski definition) is 3. The van der Waals surface area contributed by atoms with E-state index in [0.29, 0.717) is 25.8 Å². The lowest BCUT2D eigenvalue weighted by molar-refractivity contribution is -0.131. The first-order chi connectivity index (χ1) is 15.6. The molecule has 0 spiro atoms. The Morgan fingerprint density at radius 3 is 2.61 bits per heavy atom. The highest BCUT2D eigenvalue weighted by Crippen LogP contribution is 2.23. The Bertz CT molecular complexity index is 861. The summed E-state index contributed by atoms with van der Waals surface area (Å²) in [5.41, 5.74) is 0.789. The lowest BCUT2D eigenvalue weighted by Gasteiger charge is -2.35. The zero-order valence-electron chi connectivity index (χ0n) is 19.7. The number of benzene rings is 1. The summed E-state index contributed by atoms with van der Waals surface area (Å²) in [4.78, 5) is 26.9. The molecule has 2 atom stereocenters. The maximum Gasteiger partial charge on any atom is 0.475 e. The van der Waals surface area contributed by atoms with E-state index in [2.05, 4.69) is 5.32 Å². The Hall–Kier alpha value is -2.83. The van der Waals surface area contributed by atoms with E-state index in [9.17, 15) is 24.9 Å². The molecule has 0 saturated carbocycles. The van der Waals surface area contributed by atoms with Crippen LogP contribution in [0.3, 0.4) is 0 Å². The fraction of sp³-hybridized carbons (Fsp3) is 0.542. The molecule has 33 heavy (non-hydrogen) atoms. The Balaban J connectivity index is 1.94. The lowest BCUT2D eigenvalue weighted by atomic mass is 9.76. The molecule has 1 aromatic carbocycles. The van der Waals surface area contributed by atoms with Gasteiger partial charge in [0.15, 0.2) is 0 Å². The number of allylic oxidation sites excluding steroid dienone is 1. The minimum atomic E-state index is -1.73. The number of nitriles is 1. The van der Waals surface area contributed by atoms with Crippen molar-refractivity contribution in [2.45, 2.75) is 64.9 Å². The van der Waals surface area contributed by atoms with Crippen molar-refractivity contribution in [3.63, 3.8) is 0 Å². The first-order valence-corrected chi connectivity index (χ1v) is 11.4. The Labute approximate surface area is 196 Å². The van der Waals surface area contributed by atoms with Crippen molar-refractivity contribution in [1.82, 2.24) is 10.2 Å². The van der Waals surface area contributed by atoms with Crippen LogP contribution in [0.5, 0.6) is 0 Å². The first-order valence-electron chi connectivity index (χ1n) is 11.4. The molecule has 2 rings (SSSR count). The monoisotopic (exact) mass is 455 g/mol. The second kappa shape index (κ2) is 12.4. The maximum atomic E-state index is 13.0. The summed E-state index contributed by atoms with van der Waals surface area (Å²) < 4.78 is 5.34. The average Bonchev–Trinajstić information content (AvgIpc) is 2.78. The summed E-state index contributed by atoms with van der Waals surface area (Å²) in [7, 11) is -1.73. The summed E-state index contributed by atoms with van der Waals surface area (Å²) >= 11 is 0. The fourth-order valence-electron chi connectivity index (χ4n) is 3.80. The van der Waals surface area contributed by atoms with Gasteiger partial charge in [-0.2, -0.15) is 5.26 Å². The highest BCUT2D eigenvalue weighted by Gasteiger charge is 2.31. The van der Waals surface area contributed by atoms with Crippen LogP contribution in [0.15, 0.2) is 42.0 Å². The first kappa shape index (κ1) is 26.4. The van der Waals surface area contributed by atoms with Gasteiger partial charge in [0.05, 0.1) is 12.0 Å². The van der Waals surface area contributed by atoms with E-state index < -0.39 is 19.2 Å². The lowest BCUT2D eigenvalue weighted by Crippen LogP contribution is -2.50. The molecular weight excluding hydrogens is 421 g/mol. The van der Waals surface area contributed by atoms with Gasteiger partial charge in [0.25, 0.3) is 5.91 Å². The van der Waals surface area contributed by atoms with Gasteiger partial charge < -0.3 is 25.0 Å². The SMILES string of the molecule is CC(C)(C)/C=C(\C#N)C(=O)N1CCCC[C@@H]1COC(=O)N[C@@H](CCc1ccccc1)B(O)O. The number of nitrogens with one attached hydrogen (secondary N) is 1. The van der Waals surface area contributed by atoms with Gasteiger partial charge in [-0.25, -0.2) is 4.79 Å². The van der Waals surface area contributed by atoms with Gasteiger partial charge >= 0.3 is 13.2 Å². The molecular formula is C24H34BN3O5. The molecule has 178 valence electrons. The number of amides is 2. The van der Waals surface area contributed by atoms with Gasteiger partial charge in [-0.05, 0) is 43.1 Å². The topological polar surface area (TPSA) is 123 Å². The van der Waals surface area contributed by atoms with Crippen molar-refractivity contribution in [2.75, 3.05) is 13.2 Å². The summed E-state index contributed by atoms with van der Waals surface area (Å²) in [6.45, 7) is 6.22. The van der Waals surface area contributed by atoms with E-state index in [0.717, 1.165) is 18.4 Å². The molecule has 0 aromatic heterocycles. The van der Waals surface area contributed by atoms with Crippen molar-refractivity contribution >= 4 is 19.1 Å². The largest absolute Gasteiger partial charge is 0.475 e. The molecule has 2 amide bonds. The molecule has 1 aromatic rings. The summed E-state index contributed by atoms with van der Waals surface area (Å²) in [5.74, 6) is -1.24. The van der Waals surface area contributed by atoms with Gasteiger partial charge in [0.1, 0.15) is 18.2 Å². The number of carbonyl (C=O) groups excluding carboxylic acids is 2. The standard InChI is InChI=1S/C24H34BN3O5/c1-24(2,3)15-19(16-26)22(29)28-14-8-7-11-20(28)17-33-23(30)27-21(25(31)32)13-12-18-9-5-4-6-10-18/h4-6,9-10,15,20-21,31-32H,7-8,11-14,17H2,1-3H3,(H,27,30)/b19-15+/t20-,21+/m1/s1. The van der Waals surface area contributed by atoms with Crippen molar-refractivity contribution in [1.29, 1.82) is 5.26 Å². The Morgan fingerprint density at radius 1 is 1.30 bits per heavy atom. The molecule has 0 bridgehead atoms. The molecule has 0 aliphatic carbocycles. The number of alkyl carbamates (subject to hydrolysis) is 1. The van der Waals surface area contributed by atoms with Crippen molar-refractivity contribution < 1.29 is 24.4 Å². The van der Waals surface area contributed by atoms with Crippen LogP contribution < -0.4 is 5.32 Å². The Morgan fingerprint density at radius 2 is 2.00 bits per heavy atom. The minimum absolute atomic E-state index is 0.0290. The maximum absolute atomic E-state index is 13.0. The van der Waals surface area contributed by atoms with Gasteiger partial charge in [-0.1, -0.05) is 57.2 Å². The van der Waals surface area contributed by atoms with Gasteiger partial charge in [-0.3, -0.25) is 4.79 Å². The number of likely N-dealkylation sites (tertiary alicyclic amines) is 1. The smallest absolute Gasteiger partial charge is 0.447 e. The second-order valence-electron chi connectivity index (χ2n) is 9.47. The molecule has 1 aliphatic rings. The van der Waals surface area contributed by atoms with E-state index in [1.54, 1.807) is 11.0 Å². The number of aryl methyl sites for hydroxylation is 1. The average molecular weight is 455 g/mol. The molecule has 0 unspecified atom stereocenters. The zero-order valence-corrected chi connectivity index (χ0v) is 19.7. The third kappa shape index (κ3) is 8.91. The minimum Gasteiger partial charge on any atom is -0.447 e. The van der Waals surface area contributed by atoms with Crippen LogP contribution in [0.4, 0.5) is 4.79 Å². The number of nitrogens with zero attached hydrogens (tertiary/aromatic N) is 2. The quantitative estimate of drug-likeness (QED) is 0.315. The molecule has 9 heteroatoms. The van der Waals surface area contributed by atoms with Gasteiger partial charge in [-0.15, -0.1) is 0 Å². The van der Waals surface area contributed by atoms with E-state index in [-0.39, 0.29) is 29.5 Å². The fourth-order valence-corrected chi connectivity index (χ4v) is 3.80. The van der Waals surface area contributed by atoms with E-state index in [1.807, 2.05) is 57.2 Å². The molecule has 1 fully saturated rings. The zero-order chi connectivity index (χ0) is 24.4. The normalized spacial score (nSPS) is 17.6. The summed E-state index contributed by atoms with van der Waals surface area (Å²) in [6.07, 6.45) is 4.14. The molecule has 1 heterocycles. The predicted molar refractivity (Wildman–Crippen MR) is 126 cm³/mol. The van der Waals surface area contributed by atoms with Crippen LogP contribution >= 0.6 is 0 Å². The number of rotatable bonds is 8. The highest BCUT2D eigenvalue weighted by atomic mass is 16.5. The van der Waals surface area contributed by atoms with Gasteiger partial charge in [0.2, 0.25) is 0 Å². The molecule has 3 N–H and O–H groups in total. The molecule has 1 aliphatic heterocycles. The number of hydrogen-bond acceptors (Lipinski definition) is 6. The van der Waals surface area contributed by atoms with Crippen molar-refractivity contribution in [2.24, 2.45) is 5.41 Å².